The van der Waals surface area contributed by atoms with E-state index < -0.39 is 11.9 Å². The number of benzene rings is 3. The van der Waals surface area contributed by atoms with Gasteiger partial charge < -0.3 is 14.8 Å². The molecule has 0 atom stereocenters. The molecule has 0 aliphatic rings. The lowest BCUT2D eigenvalue weighted by Gasteiger charge is -2.16. The smallest absolute Gasteiger partial charge is 0.397 e. The Morgan fingerprint density at radius 2 is 1.45 bits per heavy atom. The maximum Gasteiger partial charge on any atom is 0.397 e. The van der Waals surface area contributed by atoms with Gasteiger partial charge in [0, 0.05) is 11.3 Å². The van der Waals surface area contributed by atoms with Crippen molar-refractivity contribution in [2.24, 2.45) is 0 Å². The van der Waals surface area contributed by atoms with E-state index in [0.717, 1.165) is 33.6 Å². The van der Waals surface area contributed by atoms with E-state index in [9.17, 15) is 9.59 Å². The molecule has 31 heavy (non-hydrogen) atoms. The molecule has 0 aliphatic heterocycles. The molecule has 5 heteroatoms. The molecule has 0 aliphatic carbocycles. The highest BCUT2D eigenvalue weighted by atomic mass is 16.5. The number of methoxy groups -OCH3 is 1. The summed E-state index contributed by atoms with van der Waals surface area (Å²) in [5.41, 5.74) is 5.67. The average molecular weight is 415 g/mol. The molecule has 3 aromatic carbocycles. The Bertz CT molecular complexity index is 1090. The molecule has 0 saturated heterocycles. The summed E-state index contributed by atoms with van der Waals surface area (Å²) in [6.07, 6.45) is 0. The number of carbonyl (C=O) groups excluding carboxylic acids is 2. The number of hydrogen-bond donors (Lipinski definition) is 1. The van der Waals surface area contributed by atoms with E-state index >= 15 is 0 Å². The van der Waals surface area contributed by atoms with Gasteiger partial charge in [-0.15, -0.1) is 0 Å². The van der Waals surface area contributed by atoms with Crippen LogP contribution < -0.4 is 10.1 Å². The van der Waals surface area contributed by atoms with Gasteiger partial charge in [0.15, 0.2) is 0 Å². The molecule has 0 unspecified atom stereocenters. The average Bonchev–Trinajstić information content (AvgIpc) is 2.81. The molecule has 0 saturated carbocycles. The summed E-state index contributed by atoms with van der Waals surface area (Å²) >= 11 is 0. The molecule has 0 heterocycles. The van der Waals surface area contributed by atoms with Crippen molar-refractivity contribution in [3.63, 3.8) is 0 Å². The van der Waals surface area contributed by atoms with Gasteiger partial charge in [-0.2, -0.15) is 0 Å². The molecule has 3 rings (SSSR count). The van der Waals surface area contributed by atoms with Gasteiger partial charge in [-0.25, -0.2) is 4.79 Å². The first-order valence-electron chi connectivity index (χ1n) is 10.0. The monoisotopic (exact) mass is 415 g/mol. The standard InChI is InChI=1S/C26H25NO4/c1-4-31-26(29)25(28)27-21-16-14-20(15-17-21)24(19-10-6-5-7-11-19)18(2)22-12-8-9-13-23(22)30-3/h5-17H,4H2,1-3H3,(H,27,28)/b24-18-. The van der Waals surface area contributed by atoms with E-state index in [2.05, 4.69) is 24.4 Å². The normalized spacial score (nSPS) is 11.3. The number of nitrogens with one attached hydrogen (secondary N) is 1. The first-order valence-corrected chi connectivity index (χ1v) is 10.0. The summed E-state index contributed by atoms with van der Waals surface area (Å²) in [6.45, 7) is 3.87. The fourth-order valence-electron chi connectivity index (χ4n) is 3.39. The Balaban J connectivity index is 2.02. The number of para-hydroxylation sites is 1. The Hall–Kier alpha value is -3.86. The van der Waals surface area contributed by atoms with Gasteiger partial charge in [0.1, 0.15) is 5.75 Å². The molecule has 0 bridgehead atoms. The minimum atomic E-state index is -0.900. The fourth-order valence-corrected chi connectivity index (χ4v) is 3.39. The van der Waals surface area contributed by atoms with Crippen LogP contribution in [0.15, 0.2) is 78.9 Å². The van der Waals surface area contributed by atoms with Crippen LogP contribution in [0.25, 0.3) is 11.1 Å². The van der Waals surface area contributed by atoms with Crippen LogP contribution in [0.5, 0.6) is 5.75 Å². The number of rotatable bonds is 6. The third-order valence-corrected chi connectivity index (χ3v) is 4.84. The Morgan fingerprint density at radius 1 is 0.839 bits per heavy atom. The van der Waals surface area contributed by atoms with Crippen LogP contribution in [0.4, 0.5) is 5.69 Å². The van der Waals surface area contributed by atoms with Crippen LogP contribution in [0.3, 0.4) is 0 Å². The molecule has 0 radical (unpaired) electrons. The minimum absolute atomic E-state index is 0.151. The minimum Gasteiger partial charge on any atom is -0.496 e. The van der Waals surface area contributed by atoms with Crippen LogP contribution in [0.2, 0.25) is 0 Å². The summed E-state index contributed by atoms with van der Waals surface area (Å²) in [6, 6.07) is 25.4. The second-order valence-electron chi connectivity index (χ2n) is 6.82. The summed E-state index contributed by atoms with van der Waals surface area (Å²) in [5.74, 6) is -0.895. The summed E-state index contributed by atoms with van der Waals surface area (Å²) in [4.78, 5) is 23.5. The van der Waals surface area contributed by atoms with E-state index in [1.54, 1.807) is 26.2 Å². The van der Waals surface area contributed by atoms with E-state index in [0.29, 0.717) is 5.69 Å². The largest absolute Gasteiger partial charge is 0.496 e. The summed E-state index contributed by atoms with van der Waals surface area (Å²) in [5, 5.41) is 2.56. The SMILES string of the molecule is CCOC(=O)C(=O)Nc1ccc(/C(=C(/C)c2ccccc2OC)c2ccccc2)cc1. The molecule has 5 nitrogen and oxygen atoms in total. The van der Waals surface area contributed by atoms with E-state index in [-0.39, 0.29) is 6.61 Å². The highest BCUT2D eigenvalue weighted by molar-refractivity contribution is 6.37. The van der Waals surface area contributed by atoms with Crippen molar-refractivity contribution in [3.8, 4) is 5.75 Å². The number of carbonyl (C=O) groups is 2. The van der Waals surface area contributed by atoms with Crippen LogP contribution in [0.1, 0.15) is 30.5 Å². The predicted molar refractivity (Wildman–Crippen MR) is 123 cm³/mol. The third kappa shape index (κ3) is 5.20. The maximum atomic E-state index is 11.9. The van der Waals surface area contributed by atoms with Crippen LogP contribution in [-0.4, -0.2) is 25.6 Å². The zero-order valence-electron chi connectivity index (χ0n) is 17.8. The van der Waals surface area contributed by atoms with Crippen molar-refractivity contribution >= 4 is 28.7 Å². The Kier molecular flexibility index (Phi) is 7.22. The Labute approximate surface area is 182 Å². The maximum absolute atomic E-state index is 11.9. The number of amides is 1. The van der Waals surface area contributed by atoms with Gasteiger partial charge in [-0.05, 0) is 54.3 Å². The van der Waals surface area contributed by atoms with Gasteiger partial charge in [0.25, 0.3) is 0 Å². The number of anilines is 1. The predicted octanol–water partition coefficient (Wildman–Crippen LogP) is 5.18. The van der Waals surface area contributed by atoms with E-state index in [4.69, 9.17) is 9.47 Å². The number of esters is 1. The molecule has 1 amide bonds. The lowest BCUT2D eigenvalue weighted by atomic mass is 9.90. The molecule has 1 N–H and O–H groups in total. The van der Waals surface area contributed by atoms with Crippen molar-refractivity contribution in [2.45, 2.75) is 13.8 Å². The first kappa shape index (κ1) is 21.8. The zero-order chi connectivity index (χ0) is 22.2. The lowest BCUT2D eigenvalue weighted by molar-refractivity contribution is -0.152. The van der Waals surface area contributed by atoms with Gasteiger partial charge in [-0.1, -0.05) is 60.7 Å². The van der Waals surface area contributed by atoms with E-state index in [1.165, 1.54) is 0 Å². The topological polar surface area (TPSA) is 64.6 Å². The fraction of sp³-hybridized carbons (Fsp3) is 0.154. The van der Waals surface area contributed by atoms with Crippen molar-refractivity contribution in [1.29, 1.82) is 0 Å². The molecule has 0 spiro atoms. The second kappa shape index (κ2) is 10.3. The van der Waals surface area contributed by atoms with Gasteiger partial charge in [-0.3, -0.25) is 4.79 Å². The van der Waals surface area contributed by atoms with Crippen LogP contribution in [-0.2, 0) is 14.3 Å². The highest BCUT2D eigenvalue weighted by Crippen LogP contribution is 2.36. The molecule has 158 valence electrons. The molecular weight excluding hydrogens is 390 g/mol. The lowest BCUT2D eigenvalue weighted by Crippen LogP contribution is -2.24. The first-order chi connectivity index (χ1) is 15.0. The molecule has 0 aromatic heterocycles. The quantitative estimate of drug-likeness (QED) is 0.342. The van der Waals surface area contributed by atoms with Crippen molar-refractivity contribution in [2.75, 3.05) is 19.0 Å². The van der Waals surface area contributed by atoms with Crippen LogP contribution >= 0.6 is 0 Å². The zero-order valence-corrected chi connectivity index (χ0v) is 17.8. The molecule has 3 aromatic rings. The van der Waals surface area contributed by atoms with Gasteiger partial charge in [0.05, 0.1) is 13.7 Å². The summed E-state index contributed by atoms with van der Waals surface area (Å²) < 4.78 is 10.3. The van der Waals surface area contributed by atoms with Crippen LogP contribution in [0, 0.1) is 0 Å². The van der Waals surface area contributed by atoms with Gasteiger partial charge in [0.2, 0.25) is 0 Å². The number of hydrogen-bond acceptors (Lipinski definition) is 4. The second-order valence-corrected chi connectivity index (χ2v) is 6.82. The molecular formula is C26H25NO4. The molecule has 0 fully saturated rings. The highest BCUT2D eigenvalue weighted by Gasteiger charge is 2.16. The van der Waals surface area contributed by atoms with Crippen molar-refractivity contribution in [3.05, 3.63) is 95.6 Å². The van der Waals surface area contributed by atoms with Crippen molar-refractivity contribution < 1.29 is 19.1 Å². The van der Waals surface area contributed by atoms with E-state index in [1.807, 2.05) is 54.6 Å². The number of allylic oxidation sites excluding steroid dienone is 1. The summed E-state index contributed by atoms with van der Waals surface area (Å²) in [7, 11) is 1.66. The van der Waals surface area contributed by atoms with Crippen molar-refractivity contribution in [1.82, 2.24) is 0 Å². The third-order valence-electron chi connectivity index (χ3n) is 4.84. The van der Waals surface area contributed by atoms with Gasteiger partial charge >= 0.3 is 11.9 Å². The number of ether oxygens (including phenoxy) is 2. The Morgan fingerprint density at radius 3 is 2.10 bits per heavy atom.